The van der Waals surface area contributed by atoms with Gasteiger partial charge in [-0.1, -0.05) is 0 Å². The zero-order valence-electron chi connectivity index (χ0n) is 13.4. The number of rotatable bonds is 5. The van der Waals surface area contributed by atoms with E-state index >= 15 is 0 Å². The van der Waals surface area contributed by atoms with Crippen molar-refractivity contribution in [3.8, 4) is 0 Å². The van der Waals surface area contributed by atoms with E-state index in [-0.39, 0.29) is 24.0 Å². The summed E-state index contributed by atoms with van der Waals surface area (Å²) in [6.45, 7) is 6.35. The molecule has 0 bridgehead atoms. The van der Waals surface area contributed by atoms with Gasteiger partial charge in [0.2, 0.25) is 0 Å². The summed E-state index contributed by atoms with van der Waals surface area (Å²) in [5, 5.41) is 8.54. The third-order valence-electron chi connectivity index (χ3n) is 2.91. The lowest BCUT2D eigenvalue weighted by molar-refractivity contribution is 0.476. The maximum atomic E-state index is 4.65. The number of aromatic nitrogens is 3. The van der Waals surface area contributed by atoms with E-state index in [0.29, 0.717) is 6.54 Å². The second-order valence-corrected chi connectivity index (χ2v) is 6.23. The van der Waals surface area contributed by atoms with E-state index in [4.69, 9.17) is 0 Å². The van der Waals surface area contributed by atoms with Crippen molar-refractivity contribution in [1.82, 2.24) is 25.0 Å². The van der Waals surface area contributed by atoms with Crippen LogP contribution in [0.5, 0.6) is 0 Å². The Morgan fingerprint density at radius 2 is 2.23 bits per heavy atom. The molecule has 22 heavy (non-hydrogen) atoms. The number of hydrogen-bond acceptors (Lipinski definition) is 4. The second kappa shape index (κ2) is 9.09. The van der Waals surface area contributed by atoms with Gasteiger partial charge < -0.3 is 10.2 Å². The van der Waals surface area contributed by atoms with Crippen molar-refractivity contribution in [2.75, 3.05) is 13.6 Å². The fraction of sp³-hybridized carbons (Fsp3) is 0.500. The summed E-state index contributed by atoms with van der Waals surface area (Å²) in [7, 11) is 3.95. The summed E-state index contributed by atoms with van der Waals surface area (Å²) < 4.78 is 1.81. The minimum Gasteiger partial charge on any atom is -0.357 e. The summed E-state index contributed by atoms with van der Waals surface area (Å²) in [5.74, 6) is 0.884. The Morgan fingerprint density at radius 1 is 1.45 bits per heavy atom. The van der Waals surface area contributed by atoms with Crippen molar-refractivity contribution in [2.24, 2.45) is 12.0 Å². The molecule has 0 amide bonds. The Morgan fingerprint density at radius 3 is 2.77 bits per heavy atom. The highest BCUT2D eigenvalue weighted by molar-refractivity contribution is 14.0. The van der Waals surface area contributed by atoms with Gasteiger partial charge in [0.1, 0.15) is 5.01 Å². The average molecular weight is 434 g/mol. The molecule has 2 rings (SSSR count). The van der Waals surface area contributed by atoms with Crippen LogP contribution in [-0.4, -0.2) is 39.2 Å². The molecule has 122 valence electrons. The highest BCUT2D eigenvalue weighted by Crippen LogP contribution is 2.12. The number of thiazole rings is 1. The molecular weight excluding hydrogens is 411 g/mol. The third-order valence-corrected chi connectivity index (χ3v) is 3.81. The van der Waals surface area contributed by atoms with Crippen LogP contribution in [0.15, 0.2) is 23.6 Å². The van der Waals surface area contributed by atoms with E-state index < -0.39 is 0 Å². The van der Waals surface area contributed by atoms with Crippen molar-refractivity contribution in [3.63, 3.8) is 0 Å². The van der Waals surface area contributed by atoms with Crippen LogP contribution in [0.4, 0.5) is 0 Å². The number of hydrogen-bond donors (Lipinski definition) is 1. The molecule has 0 aliphatic rings. The molecule has 1 N–H and O–H groups in total. The van der Waals surface area contributed by atoms with Crippen LogP contribution in [0.25, 0.3) is 0 Å². The Hall–Kier alpha value is -1.16. The minimum atomic E-state index is 0. The topological polar surface area (TPSA) is 58.3 Å². The lowest BCUT2D eigenvalue weighted by Gasteiger charge is -2.21. The van der Waals surface area contributed by atoms with Crippen LogP contribution in [0.1, 0.15) is 22.4 Å². The van der Waals surface area contributed by atoms with Crippen LogP contribution < -0.4 is 5.32 Å². The fourth-order valence-electron chi connectivity index (χ4n) is 1.99. The fourth-order valence-corrected chi connectivity index (χ4v) is 2.70. The Balaban J connectivity index is 0.00000242. The standard InChI is InChI=1S/C14H22N6S.HI/c1-5-15-14(17-8-13-16-6-11(2)21-13)19(3)9-12-7-18-20(4)10-12;/h6-7,10H,5,8-9H2,1-4H3,(H,15,17);1H. The molecule has 6 nitrogen and oxygen atoms in total. The molecule has 0 spiro atoms. The first-order chi connectivity index (χ1) is 10.1. The van der Waals surface area contributed by atoms with Gasteiger partial charge in [0.25, 0.3) is 0 Å². The van der Waals surface area contributed by atoms with E-state index in [1.807, 2.05) is 37.4 Å². The lowest BCUT2D eigenvalue weighted by Crippen LogP contribution is -2.38. The summed E-state index contributed by atoms with van der Waals surface area (Å²) in [5.41, 5.74) is 1.16. The third kappa shape index (κ3) is 5.56. The number of aryl methyl sites for hydroxylation is 2. The maximum Gasteiger partial charge on any atom is 0.194 e. The first-order valence-corrected chi connectivity index (χ1v) is 7.78. The molecule has 0 aliphatic carbocycles. The van der Waals surface area contributed by atoms with Gasteiger partial charge in [0.15, 0.2) is 5.96 Å². The van der Waals surface area contributed by atoms with Gasteiger partial charge >= 0.3 is 0 Å². The minimum absolute atomic E-state index is 0. The van der Waals surface area contributed by atoms with E-state index in [1.54, 1.807) is 11.3 Å². The zero-order valence-corrected chi connectivity index (χ0v) is 16.6. The van der Waals surface area contributed by atoms with Gasteiger partial charge in [-0.15, -0.1) is 35.3 Å². The predicted octanol–water partition coefficient (Wildman–Crippen LogP) is 2.40. The average Bonchev–Trinajstić information content (AvgIpc) is 3.03. The van der Waals surface area contributed by atoms with Gasteiger partial charge in [-0.05, 0) is 13.8 Å². The van der Waals surface area contributed by atoms with Gasteiger partial charge in [0.05, 0.1) is 12.7 Å². The van der Waals surface area contributed by atoms with E-state index in [1.165, 1.54) is 4.88 Å². The summed E-state index contributed by atoms with van der Waals surface area (Å²) in [6.07, 6.45) is 5.79. The zero-order chi connectivity index (χ0) is 15.2. The molecule has 0 saturated carbocycles. The Bertz CT molecular complexity index is 606. The summed E-state index contributed by atoms with van der Waals surface area (Å²) >= 11 is 1.69. The molecular formula is C14H23IN6S. The second-order valence-electron chi connectivity index (χ2n) is 4.91. The highest BCUT2D eigenvalue weighted by atomic mass is 127. The number of nitrogens with zero attached hydrogens (tertiary/aromatic N) is 5. The SMILES string of the molecule is CCNC(=NCc1ncc(C)s1)N(C)Cc1cnn(C)c1.I. The normalized spacial score (nSPS) is 11.2. The molecule has 0 unspecified atom stereocenters. The van der Waals surface area contributed by atoms with Gasteiger partial charge in [-0.3, -0.25) is 4.68 Å². The summed E-state index contributed by atoms with van der Waals surface area (Å²) in [4.78, 5) is 12.3. The van der Waals surface area contributed by atoms with Crippen molar-refractivity contribution in [2.45, 2.75) is 26.9 Å². The molecule has 0 aliphatic heterocycles. The molecule has 2 aromatic heterocycles. The van der Waals surface area contributed by atoms with Crippen molar-refractivity contribution >= 4 is 41.3 Å². The number of nitrogens with one attached hydrogen (secondary N) is 1. The molecule has 0 fully saturated rings. The largest absolute Gasteiger partial charge is 0.357 e. The first kappa shape index (κ1) is 18.9. The van der Waals surface area contributed by atoms with Gasteiger partial charge in [-0.2, -0.15) is 5.10 Å². The Kier molecular flexibility index (Phi) is 7.80. The maximum absolute atomic E-state index is 4.65. The number of aliphatic imine (C=N–C) groups is 1. The predicted molar refractivity (Wildman–Crippen MR) is 102 cm³/mol. The monoisotopic (exact) mass is 434 g/mol. The van der Waals surface area contributed by atoms with E-state index in [9.17, 15) is 0 Å². The molecule has 0 atom stereocenters. The molecule has 0 radical (unpaired) electrons. The Labute approximate surface area is 152 Å². The van der Waals surface area contributed by atoms with Crippen LogP contribution in [0.2, 0.25) is 0 Å². The van der Waals surface area contributed by atoms with Crippen molar-refractivity contribution in [3.05, 3.63) is 34.0 Å². The quantitative estimate of drug-likeness (QED) is 0.446. The van der Waals surface area contributed by atoms with Crippen LogP contribution >= 0.6 is 35.3 Å². The molecule has 2 aromatic rings. The van der Waals surface area contributed by atoms with E-state index in [0.717, 1.165) is 29.6 Å². The molecule has 8 heteroatoms. The van der Waals surface area contributed by atoms with E-state index in [2.05, 4.69) is 39.1 Å². The van der Waals surface area contributed by atoms with Crippen molar-refractivity contribution < 1.29 is 0 Å². The molecule has 2 heterocycles. The number of guanidine groups is 1. The van der Waals surface area contributed by atoms with Gasteiger partial charge in [-0.25, -0.2) is 9.98 Å². The van der Waals surface area contributed by atoms with Crippen molar-refractivity contribution in [1.29, 1.82) is 0 Å². The van der Waals surface area contributed by atoms with Gasteiger partial charge in [0, 0.05) is 50.0 Å². The summed E-state index contributed by atoms with van der Waals surface area (Å²) in [6, 6.07) is 0. The van der Waals surface area contributed by atoms with Crippen LogP contribution in [-0.2, 0) is 20.1 Å². The smallest absolute Gasteiger partial charge is 0.194 e. The molecule has 0 aromatic carbocycles. The van der Waals surface area contributed by atoms with Crippen LogP contribution in [0.3, 0.4) is 0 Å². The number of halogens is 1. The molecule has 0 saturated heterocycles. The van der Waals surface area contributed by atoms with Crippen LogP contribution in [0, 0.1) is 6.92 Å². The first-order valence-electron chi connectivity index (χ1n) is 6.96. The lowest BCUT2D eigenvalue weighted by atomic mass is 10.3. The highest BCUT2D eigenvalue weighted by Gasteiger charge is 2.08.